The van der Waals surface area contributed by atoms with Crippen molar-refractivity contribution in [3.8, 4) is 0 Å². The monoisotopic (exact) mass is 412 g/mol. The van der Waals surface area contributed by atoms with Crippen molar-refractivity contribution in [1.29, 1.82) is 0 Å². The van der Waals surface area contributed by atoms with Gasteiger partial charge in [-0.2, -0.15) is 0 Å². The van der Waals surface area contributed by atoms with Crippen LogP contribution < -0.4 is 10.2 Å². The number of benzene rings is 2. The van der Waals surface area contributed by atoms with Crippen molar-refractivity contribution in [3.63, 3.8) is 0 Å². The summed E-state index contributed by atoms with van der Waals surface area (Å²) in [5, 5.41) is 3.02. The highest BCUT2D eigenvalue weighted by atomic mass is 32.2. The van der Waals surface area contributed by atoms with Crippen molar-refractivity contribution >= 4 is 46.7 Å². The minimum absolute atomic E-state index is 0.0110. The summed E-state index contributed by atoms with van der Waals surface area (Å²) in [4.78, 5) is 27.0. The highest BCUT2D eigenvalue weighted by Crippen LogP contribution is 2.45. The van der Waals surface area contributed by atoms with Gasteiger partial charge in [0.1, 0.15) is 0 Å². The first-order valence-corrected chi connectivity index (χ1v) is 11.8. The van der Waals surface area contributed by atoms with E-state index in [9.17, 15) is 9.59 Å². The number of aryl methyl sites for hydroxylation is 1. The van der Waals surface area contributed by atoms with E-state index in [2.05, 4.69) is 24.4 Å². The van der Waals surface area contributed by atoms with Crippen molar-refractivity contribution in [3.05, 3.63) is 59.7 Å². The van der Waals surface area contributed by atoms with E-state index in [1.807, 2.05) is 59.9 Å². The van der Waals surface area contributed by atoms with Gasteiger partial charge in [0.25, 0.3) is 0 Å². The lowest BCUT2D eigenvalue weighted by molar-refractivity contribution is -0.122. The number of nitrogens with one attached hydrogen (secondary N) is 1. The van der Waals surface area contributed by atoms with E-state index in [0.29, 0.717) is 11.1 Å². The van der Waals surface area contributed by atoms with Crippen LogP contribution in [-0.4, -0.2) is 29.9 Å². The summed E-state index contributed by atoms with van der Waals surface area (Å²) >= 11 is 3.90. The minimum atomic E-state index is -0.322. The van der Waals surface area contributed by atoms with Crippen LogP contribution in [0.2, 0.25) is 0 Å². The van der Waals surface area contributed by atoms with E-state index in [1.165, 1.54) is 22.6 Å². The highest BCUT2D eigenvalue weighted by molar-refractivity contribution is 8.19. The fraction of sp³-hybridized carbons (Fsp3) is 0.364. The van der Waals surface area contributed by atoms with Gasteiger partial charge >= 0.3 is 0 Å². The fourth-order valence-corrected chi connectivity index (χ4v) is 6.44. The molecule has 0 aliphatic carbocycles. The van der Waals surface area contributed by atoms with Crippen molar-refractivity contribution in [2.45, 2.75) is 24.3 Å². The Morgan fingerprint density at radius 2 is 1.89 bits per heavy atom. The summed E-state index contributed by atoms with van der Waals surface area (Å²) in [6.45, 7) is 2.54. The minimum Gasteiger partial charge on any atom is -0.326 e. The Morgan fingerprint density at radius 3 is 2.61 bits per heavy atom. The van der Waals surface area contributed by atoms with Gasteiger partial charge in [0.05, 0.1) is 10.5 Å². The summed E-state index contributed by atoms with van der Waals surface area (Å²) < 4.78 is 0.450. The molecule has 2 aromatic carbocycles. The molecule has 2 aliphatic rings. The Balaban J connectivity index is 1.41. The normalized spacial score (nSPS) is 20.0. The number of amides is 2. The molecule has 0 bridgehead atoms. The predicted octanol–water partition coefficient (Wildman–Crippen LogP) is 4.72. The first-order chi connectivity index (χ1) is 13.6. The van der Waals surface area contributed by atoms with Gasteiger partial charge in [-0.1, -0.05) is 31.2 Å². The SMILES string of the molecule is CCc1ccc(N2CC(C(=O)Nc3cccc(C4SCCS4)c3)CC2=O)cc1. The third-order valence-corrected chi connectivity index (χ3v) is 8.30. The van der Waals surface area contributed by atoms with E-state index in [4.69, 9.17) is 0 Å². The van der Waals surface area contributed by atoms with Gasteiger partial charge in [-0.05, 0) is 41.8 Å². The third-order valence-electron chi connectivity index (χ3n) is 5.20. The molecule has 0 spiro atoms. The molecule has 4 rings (SSSR count). The van der Waals surface area contributed by atoms with E-state index in [1.54, 1.807) is 4.90 Å². The van der Waals surface area contributed by atoms with Crippen LogP contribution in [0.5, 0.6) is 0 Å². The molecule has 0 aromatic heterocycles. The summed E-state index contributed by atoms with van der Waals surface area (Å²) in [6, 6.07) is 16.1. The molecule has 146 valence electrons. The van der Waals surface area contributed by atoms with Gasteiger partial charge in [0, 0.05) is 35.8 Å². The van der Waals surface area contributed by atoms with Crippen LogP contribution in [-0.2, 0) is 16.0 Å². The zero-order valence-corrected chi connectivity index (χ0v) is 17.5. The fourth-order valence-electron chi connectivity index (χ4n) is 3.60. The summed E-state index contributed by atoms with van der Waals surface area (Å²) in [7, 11) is 0. The van der Waals surface area contributed by atoms with Crippen LogP contribution >= 0.6 is 23.5 Å². The zero-order chi connectivity index (χ0) is 19.5. The largest absolute Gasteiger partial charge is 0.326 e. The van der Waals surface area contributed by atoms with Crippen molar-refractivity contribution < 1.29 is 9.59 Å². The standard InChI is InChI=1S/C22H24N2O2S2/c1-2-15-6-8-19(9-7-15)24-14-17(13-20(24)25)21(26)23-18-5-3-4-16(12-18)22-27-10-11-28-22/h3-9,12,17,22H,2,10-11,13-14H2,1H3,(H,23,26). The van der Waals surface area contributed by atoms with Gasteiger partial charge < -0.3 is 10.2 Å². The predicted molar refractivity (Wildman–Crippen MR) is 119 cm³/mol. The lowest BCUT2D eigenvalue weighted by atomic mass is 10.1. The van der Waals surface area contributed by atoms with Crippen LogP contribution in [0.3, 0.4) is 0 Å². The van der Waals surface area contributed by atoms with Crippen LogP contribution in [0, 0.1) is 5.92 Å². The number of hydrogen-bond donors (Lipinski definition) is 1. The molecule has 28 heavy (non-hydrogen) atoms. The average Bonchev–Trinajstić information content (AvgIpc) is 3.38. The smallest absolute Gasteiger partial charge is 0.229 e. The molecule has 0 radical (unpaired) electrons. The number of carbonyl (C=O) groups excluding carboxylic acids is 2. The van der Waals surface area contributed by atoms with Crippen molar-refractivity contribution in [2.24, 2.45) is 5.92 Å². The summed E-state index contributed by atoms with van der Waals surface area (Å²) in [5.41, 5.74) is 4.16. The molecule has 0 saturated carbocycles. The molecule has 2 saturated heterocycles. The number of anilines is 2. The quantitative estimate of drug-likeness (QED) is 0.772. The maximum absolute atomic E-state index is 12.8. The molecule has 1 N–H and O–H groups in total. The lowest BCUT2D eigenvalue weighted by Crippen LogP contribution is -2.28. The first kappa shape index (κ1) is 19.4. The zero-order valence-electron chi connectivity index (χ0n) is 15.9. The van der Waals surface area contributed by atoms with E-state index in [0.717, 1.165) is 17.8 Å². The number of thioether (sulfide) groups is 2. The molecule has 4 nitrogen and oxygen atoms in total. The van der Waals surface area contributed by atoms with Gasteiger partial charge in [-0.25, -0.2) is 0 Å². The molecule has 2 fully saturated rings. The van der Waals surface area contributed by atoms with Gasteiger partial charge in [-0.3, -0.25) is 9.59 Å². The van der Waals surface area contributed by atoms with Gasteiger partial charge in [-0.15, -0.1) is 23.5 Å². The number of rotatable bonds is 5. The van der Waals surface area contributed by atoms with E-state index in [-0.39, 0.29) is 24.2 Å². The number of nitrogens with zero attached hydrogens (tertiary/aromatic N) is 1. The molecule has 6 heteroatoms. The second-order valence-electron chi connectivity index (χ2n) is 7.11. The molecule has 2 aliphatic heterocycles. The molecule has 1 unspecified atom stereocenters. The van der Waals surface area contributed by atoms with E-state index < -0.39 is 0 Å². The molecule has 2 aromatic rings. The molecule has 2 heterocycles. The molecular formula is C22H24N2O2S2. The molecule has 2 amide bonds. The lowest BCUT2D eigenvalue weighted by Gasteiger charge is -2.17. The first-order valence-electron chi connectivity index (χ1n) is 9.67. The Hall–Kier alpha value is -1.92. The second-order valence-corrected chi connectivity index (χ2v) is 9.84. The van der Waals surface area contributed by atoms with Crippen LogP contribution in [0.25, 0.3) is 0 Å². The van der Waals surface area contributed by atoms with Crippen LogP contribution in [0.4, 0.5) is 11.4 Å². The van der Waals surface area contributed by atoms with Gasteiger partial charge in [0.15, 0.2) is 0 Å². The Kier molecular flexibility index (Phi) is 5.97. The Morgan fingerprint density at radius 1 is 1.14 bits per heavy atom. The highest BCUT2D eigenvalue weighted by Gasteiger charge is 2.35. The number of hydrogen-bond acceptors (Lipinski definition) is 4. The molecule has 1 atom stereocenters. The second kappa shape index (κ2) is 8.62. The van der Waals surface area contributed by atoms with Crippen molar-refractivity contribution in [2.75, 3.05) is 28.3 Å². The third kappa shape index (κ3) is 4.23. The molecular weight excluding hydrogens is 388 g/mol. The Bertz CT molecular complexity index is 863. The average molecular weight is 413 g/mol. The Labute approximate surface area is 174 Å². The maximum Gasteiger partial charge on any atom is 0.229 e. The maximum atomic E-state index is 12.8. The van der Waals surface area contributed by atoms with Crippen LogP contribution in [0.15, 0.2) is 48.5 Å². The van der Waals surface area contributed by atoms with Crippen molar-refractivity contribution in [1.82, 2.24) is 0 Å². The van der Waals surface area contributed by atoms with E-state index >= 15 is 0 Å². The topological polar surface area (TPSA) is 49.4 Å². The summed E-state index contributed by atoms with van der Waals surface area (Å²) in [6.07, 6.45) is 1.23. The van der Waals surface area contributed by atoms with Crippen LogP contribution in [0.1, 0.15) is 29.1 Å². The summed E-state index contributed by atoms with van der Waals surface area (Å²) in [5.74, 6) is 1.95. The number of carbonyl (C=O) groups is 2. The van der Waals surface area contributed by atoms with Gasteiger partial charge in [0.2, 0.25) is 11.8 Å².